The fourth-order valence-electron chi connectivity index (χ4n) is 2.86. The monoisotopic (exact) mass is 458 g/mol. The summed E-state index contributed by atoms with van der Waals surface area (Å²) in [6.07, 6.45) is 3.31. The molecule has 0 saturated heterocycles. The van der Waals surface area contributed by atoms with E-state index in [4.69, 9.17) is 14.2 Å². The molecule has 3 aromatic rings. The molecule has 0 aliphatic carbocycles. The number of alkyl halides is 2. The standard InChI is InChI=1S/C23H20F2N2O6/c1-30-19-10-17(22(29)31-2)18(11-20(19)33-23(24)25)27-21(28)15-6-3-7-16(9-15)32-13-14-5-4-8-26-12-14/h3-12,23H,13H2,1-2H3,(H,27,28). The van der Waals surface area contributed by atoms with Crippen LogP contribution in [0.15, 0.2) is 60.9 Å². The third-order valence-corrected chi connectivity index (χ3v) is 4.40. The number of pyridine rings is 1. The normalized spacial score (nSPS) is 10.5. The zero-order valence-electron chi connectivity index (χ0n) is 17.7. The molecule has 0 fully saturated rings. The number of ether oxygens (including phenoxy) is 4. The molecule has 1 amide bonds. The molecule has 2 aromatic carbocycles. The van der Waals surface area contributed by atoms with Gasteiger partial charge in [-0.25, -0.2) is 4.79 Å². The molecule has 8 nitrogen and oxygen atoms in total. The van der Waals surface area contributed by atoms with Crippen LogP contribution in [0.1, 0.15) is 26.3 Å². The molecular formula is C23H20F2N2O6. The molecule has 0 radical (unpaired) electrons. The first-order valence-corrected chi connectivity index (χ1v) is 9.59. The Morgan fingerprint density at radius 1 is 1.06 bits per heavy atom. The van der Waals surface area contributed by atoms with Crippen molar-refractivity contribution in [1.82, 2.24) is 4.98 Å². The highest BCUT2D eigenvalue weighted by Crippen LogP contribution is 2.35. The lowest BCUT2D eigenvalue weighted by Crippen LogP contribution is -2.16. The lowest BCUT2D eigenvalue weighted by atomic mass is 10.1. The number of benzene rings is 2. The average molecular weight is 458 g/mol. The number of amides is 1. The van der Waals surface area contributed by atoms with E-state index in [1.165, 1.54) is 19.2 Å². The van der Waals surface area contributed by atoms with Gasteiger partial charge in [0.1, 0.15) is 12.4 Å². The number of aromatic nitrogens is 1. The molecule has 0 bridgehead atoms. The van der Waals surface area contributed by atoms with Crippen LogP contribution in [0.3, 0.4) is 0 Å². The Balaban J connectivity index is 1.84. The minimum atomic E-state index is -3.14. The zero-order valence-corrected chi connectivity index (χ0v) is 17.7. The Morgan fingerprint density at radius 2 is 1.88 bits per heavy atom. The summed E-state index contributed by atoms with van der Waals surface area (Å²) in [5, 5.41) is 2.52. The molecule has 0 spiro atoms. The number of hydrogen-bond acceptors (Lipinski definition) is 7. The van der Waals surface area contributed by atoms with Gasteiger partial charge in [0, 0.05) is 35.7 Å². The van der Waals surface area contributed by atoms with Gasteiger partial charge in [-0.1, -0.05) is 12.1 Å². The maximum absolute atomic E-state index is 12.8. The Labute approximate surface area is 188 Å². The molecule has 1 aromatic heterocycles. The first kappa shape index (κ1) is 23.5. The van der Waals surface area contributed by atoms with Crippen molar-refractivity contribution < 1.29 is 37.3 Å². The molecule has 1 heterocycles. The number of rotatable bonds is 9. The Kier molecular flexibility index (Phi) is 7.74. The van der Waals surface area contributed by atoms with Crippen molar-refractivity contribution >= 4 is 17.6 Å². The van der Waals surface area contributed by atoms with E-state index in [1.54, 1.807) is 30.6 Å². The second kappa shape index (κ2) is 10.9. The predicted molar refractivity (Wildman–Crippen MR) is 114 cm³/mol. The minimum Gasteiger partial charge on any atom is -0.493 e. The van der Waals surface area contributed by atoms with E-state index < -0.39 is 18.5 Å². The maximum Gasteiger partial charge on any atom is 0.387 e. The molecule has 0 aliphatic heterocycles. The van der Waals surface area contributed by atoms with Crippen LogP contribution in [0.4, 0.5) is 14.5 Å². The summed E-state index contributed by atoms with van der Waals surface area (Å²) in [5.74, 6) is -1.47. The van der Waals surface area contributed by atoms with Gasteiger partial charge in [0.05, 0.1) is 25.5 Å². The van der Waals surface area contributed by atoms with E-state index in [2.05, 4.69) is 15.0 Å². The van der Waals surface area contributed by atoms with Gasteiger partial charge in [0.25, 0.3) is 5.91 Å². The Morgan fingerprint density at radius 3 is 2.55 bits per heavy atom. The van der Waals surface area contributed by atoms with Crippen molar-refractivity contribution in [3.8, 4) is 17.2 Å². The summed E-state index contributed by atoms with van der Waals surface area (Å²) < 4.78 is 45.4. The van der Waals surface area contributed by atoms with E-state index >= 15 is 0 Å². The topological polar surface area (TPSA) is 96.0 Å². The van der Waals surface area contributed by atoms with Gasteiger partial charge in [-0.15, -0.1) is 0 Å². The fourth-order valence-corrected chi connectivity index (χ4v) is 2.86. The second-order valence-electron chi connectivity index (χ2n) is 6.55. The molecule has 33 heavy (non-hydrogen) atoms. The number of nitrogens with zero attached hydrogens (tertiary/aromatic N) is 1. The number of anilines is 1. The van der Waals surface area contributed by atoms with Crippen molar-refractivity contribution in [2.45, 2.75) is 13.2 Å². The number of hydrogen-bond donors (Lipinski definition) is 1. The van der Waals surface area contributed by atoms with Gasteiger partial charge < -0.3 is 24.3 Å². The summed E-state index contributed by atoms with van der Waals surface area (Å²) in [6, 6.07) is 12.2. The summed E-state index contributed by atoms with van der Waals surface area (Å²) >= 11 is 0. The van der Waals surface area contributed by atoms with Crippen molar-refractivity contribution in [2.75, 3.05) is 19.5 Å². The van der Waals surface area contributed by atoms with Crippen LogP contribution in [0.2, 0.25) is 0 Å². The number of methoxy groups -OCH3 is 2. The Hall–Kier alpha value is -4.21. The number of nitrogens with one attached hydrogen (secondary N) is 1. The predicted octanol–water partition coefficient (Wildman–Crippen LogP) is 4.31. The third kappa shape index (κ3) is 6.16. The highest BCUT2D eigenvalue weighted by molar-refractivity contribution is 6.08. The van der Waals surface area contributed by atoms with Crippen molar-refractivity contribution in [2.24, 2.45) is 0 Å². The van der Waals surface area contributed by atoms with Gasteiger partial charge in [-0.2, -0.15) is 8.78 Å². The molecule has 3 rings (SSSR count). The lowest BCUT2D eigenvalue weighted by Gasteiger charge is -2.16. The molecule has 1 N–H and O–H groups in total. The van der Waals surface area contributed by atoms with Gasteiger partial charge >= 0.3 is 12.6 Å². The largest absolute Gasteiger partial charge is 0.493 e. The fraction of sp³-hybridized carbons (Fsp3) is 0.174. The van der Waals surface area contributed by atoms with Crippen LogP contribution >= 0.6 is 0 Å². The number of carbonyl (C=O) groups excluding carboxylic acids is 2. The summed E-state index contributed by atoms with van der Waals surface area (Å²) in [5.41, 5.74) is 0.861. The summed E-state index contributed by atoms with van der Waals surface area (Å²) in [4.78, 5) is 29.0. The summed E-state index contributed by atoms with van der Waals surface area (Å²) in [7, 11) is 2.37. The number of carbonyl (C=O) groups is 2. The van der Waals surface area contributed by atoms with E-state index in [0.29, 0.717) is 5.75 Å². The second-order valence-corrected chi connectivity index (χ2v) is 6.55. The highest BCUT2D eigenvalue weighted by Gasteiger charge is 2.21. The molecular weight excluding hydrogens is 438 g/mol. The number of esters is 1. The van der Waals surface area contributed by atoms with Crippen LogP contribution in [-0.4, -0.2) is 37.7 Å². The molecule has 0 atom stereocenters. The van der Waals surface area contributed by atoms with Gasteiger partial charge in [-0.3, -0.25) is 9.78 Å². The highest BCUT2D eigenvalue weighted by atomic mass is 19.3. The smallest absolute Gasteiger partial charge is 0.387 e. The average Bonchev–Trinajstić information content (AvgIpc) is 2.83. The van der Waals surface area contributed by atoms with E-state index in [9.17, 15) is 18.4 Å². The minimum absolute atomic E-state index is 0.0926. The van der Waals surface area contributed by atoms with Crippen molar-refractivity contribution in [1.29, 1.82) is 0 Å². The van der Waals surface area contributed by atoms with Crippen molar-refractivity contribution in [3.63, 3.8) is 0 Å². The van der Waals surface area contributed by atoms with E-state index in [0.717, 1.165) is 24.8 Å². The molecule has 172 valence electrons. The van der Waals surface area contributed by atoms with Crippen LogP contribution in [0, 0.1) is 0 Å². The molecule has 0 saturated carbocycles. The Bertz CT molecular complexity index is 1130. The SMILES string of the molecule is COC(=O)c1cc(OC)c(OC(F)F)cc1NC(=O)c1cccc(OCc2cccnc2)c1. The van der Waals surface area contributed by atoms with Crippen LogP contribution in [-0.2, 0) is 11.3 Å². The number of halogens is 2. The summed E-state index contributed by atoms with van der Waals surface area (Å²) in [6.45, 7) is -2.89. The molecule has 10 heteroatoms. The molecule has 0 unspecified atom stereocenters. The van der Waals surface area contributed by atoms with Gasteiger partial charge in [0.2, 0.25) is 0 Å². The maximum atomic E-state index is 12.8. The van der Waals surface area contributed by atoms with Gasteiger partial charge in [0.15, 0.2) is 11.5 Å². The van der Waals surface area contributed by atoms with E-state index in [1.807, 2.05) is 6.07 Å². The van der Waals surface area contributed by atoms with Gasteiger partial charge in [-0.05, 0) is 24.3 Å². The van der Waals surface area contributed by atoms with Crippen molar-refractivity contribution in [3.05, 3.63) is 77.6 Å². The molecule has 0 aliphatic rings. The first-order valence-electron chi connectivity index (χ1n) is 9.59. The van der Waals surface area contributed by atoms with E-state index in [-0.39, 0.29) is 34.9 Å². The zero-order chi connectivity index (χ0) is 23.8. The lowest BCUT2D eigenvalue weighted by molar-refractivity contribution is -0.0511. The van der Waals surface area contributed by atoms with Crippen LogP contribution in [0.5, 0.6) is 17.2 Å². The quantitative estimate of drug-likeness (QED) is 0.478. The first-order chi connectivity index (χ1) is 15.9. The third-order valence-electron chi connectivity index (χ3n) is 4.40. The van der Waals surface area contributed by atoms with Crippen LogP contribution in [0.25, 0.3) is 0 Å². The van der Waals surface area contributed by atoms with Crippen LogP contribution < -0.4 is 19.5 Å².